The molecule has 0 spiro atoms. The fourth-order valence-electron chi connectivity index (χ4n) is 2.96. The average Bonchev–Trinajstić information content (AvgIpc) is 2.99. The first kappa shape index (κ1) is 15.1. The number of anilines is 1. The Hall–Kier alpha value is -2.82. The highest BCUT2D eigenvalue weighted by Gasteiger charge is 2.38. The summed E-state index contributed by atoms with van der Waals surface area (Å²) in [5, 5.41) is 2.64. The Morgan fingerprint density at radius 3 is 2.57 bits per heavy atom. The standard InChI is InChI=1S/C18H18N2O3/c1-19-17(21)15-11-12-7-3-5-9-14(12)20(15)18(22)13-8-4-6-10-16(13)23-2/h3-10,15H,11H2,1-2H3,(H,19,21)/t15-/m0/s1. The SMILES string of the molecule is CNC(=O)[C@@H]1Cc2ccccc2N1C(=O)c1ccccc1OC. The largest absolute Gasteiger partial charge is 0.496 e. The van der Waals surface area contributed by atoms with E-state index in [4.69, 9.17) is 4.74 Å². The summed E-state index contributed by atoms with van der Waals surface area (Å²) >= 11 is 0. The Morgan fingerprint density at radius 2 is 1.83 bits per heavy atom. The number of likely N-dealkylation sites (N-methyl/N-ethyl adjacent to an activating group) is 1. The number of benzene rings is 2. The van der Waals surface area contributed by atoms with Gasteiger partial charge in [0.15, 0.2) is 0 Å². The van der Waals surface area contributed by atoms with E-state index in [1.165, 1.54) is 7.11 Å². The molecule has 5 heteroatoms. The number of rotatable bonds is 3. The highest BCUT2D eigenvalue weighted by Crippen LogP contribution is 2.34. The van der Waals surface area contributed by atoms with E-state index >= 15 is 0 Å². The normalized spacial score (nSPS) is 15.9. The van der Waals surface area contributed by atoms with Gasteiger partial charge in [-0.1, -0.05) is 30.3 Å². The molecular formula is C18H18N2O3. The number of nitrogens with zero attached hydrogens (tertiary/aromatic N) is 1. The van der Waals surface area contributed by atoms with Gasteiger partial charge in [0.1, 0.15) is 11.8 Å². The first-order valence-electron chi connectivity index (χ1n) is 7.43. The van der Waals surface area contributed by atoms with E-state index in [9.17, 15) is 9.59 Å². The maximum Gasteiger partial charge on any atom is 0.262 e. The molecule has 2 amide bonds. The molecule has 0 radical (unpaired) electrons. The molecule has 2 aromatic rings. The third kappa shape index (κ3) is 2.54. The van der Waals surface area contributed by atoms with Gasteiger partial charge in [0.25, 0.3) is 5.91 Å². The van der Waals surface area contributed by atoms with Gasteiger partial charge in [0.05, 0.1) is 12.7 Å². The lowest BCUT2D eigenvalue weighted by molar-refractivity contribution is -0.121. The van der Waals surface area contributed by atoms with E-state index < -0.39 is 6.04 Å². The third-order valence-corrected chi connectivity index (χ3v) is 4.08. The highest BCUT2D eigenvalue weighted by atomic mass is 16.5. The van der Waals surface area contributed by atoms with Gasteiger partial charge in [0.2, 0.25) is 5.91 Å². The predicted molar refractivity (Wildman–Crippen MR) is 87.8 cm³/mol. The zero-order valence-corrected chi connectivity index (χ0v) is 13.1. The van der Waals surface area contributed by atoms with E-state index in [2.05, 4.69) is 5.32 Å². The molecule has 0 saturated heterocycles. The van der Waals surface area contributed by atoms with Crippen LogP contribution in [0.25, 0.3) is 0 Å². The van der Waals surface area contributed by atoms with Crippen molar-refractivity contribution in [2.24, 2.45) is 0 Å². The van der Waals surface area contributed by atoms with Gasteiger partial charge in [-0.05, 0) is 23.8 Å². The van der Waals surface area contributed by atoms with Crippen molar-refractivity contribution in [3.05, 3.63) is 59.7 Å². The number of hydrogen-bond donors (Lipinski definition) is 1. The number of carbonyl (C=O) groups excluding carboxylic acids is 2. The first-order chi connectivity index (χ1) is 11.2. The average molecular weight is 310 g/mol. The minimum Gasteiger partial charge on any atom is -0.496 e. The molecule has 0 saturated carbocycles. The summed E-state index contributed by atoms with van der Waals surface area (Å²) in [5.41, 5.74) is 2.21. The van der Waals surface area contributed by atoms with Crippen LogP contribution in [0.4, 0.5) is 5.69 Å². The first-order valence-corrected chi connectivity index (χ1v) is 7.43. The molecular weight excluding hydrogens is 292 g/mol. The summed E-state index contributed by atoms with van der Waals surface area (Å²) in [4.78, 5) is 26.9. The fourth-order valence-corrected chi connectivity index (χ4v) is 2.96. The minimum atomic E-state index is -0.546. The molecule has 3 rings (SSSR count). The van der Waals surface area contributed by atoms with Crippen LogP contribution in [-0.4, -0.2) is 32.0 Å². The van der Waals surface area contributed by atoms with Gasteiger partial charge in [-0.2, -0.15) is 0 Å². The van der Waals surface area contributed by atoms with Crippen molar-refractivity contribution < 1.29 is 14.3 Å². The van der Waals surface area contributed by atoms with Crippen molar-refractivity contribution in [3.63, 3.8) is 0 Å². The van der Waals surface area contributed by atoms with Crippen LogP contribution in [0.1, 0.15) is 15.9 Å². The maximum atomic E-state index is 13.1. The predicted octanol–water partition coefficient (Wildman–Crippen LogP) is 2.01. The number of ether oxygens (including phenoxy) is 1. The molecule has 0 unspecified atom stereocenters. The Balaban J connectivity index is 2.07. The Morgan fingerprint density at radius 1 is 1.13 bits per heavy atom. The van der Waals surface area contributed by atoms with Gasteiger partial charge < -0.3 is 10.1 Å². The maximum absolute atomic E-state index is 13.1. The molecule has 2 aromatic carbocycles. The summed E-state index contributed by atoms with van der Waals surface area (Å²) < 4.78 is 5.29. The number of hydrogen-bond acceptors (Lipinski definition) is 3. The van der Waals surface area contributed by atoms with Crippen LogP contribution in [0.5, 0.6) is 5.75 Å². The molecule has 0 bridgehead atoms. The molecule has 1 atom stereocenters. The fraction of sp³-hybridized carbons (Fsp3) is 0.222. The van der Waals surface area contributed by atoms with Gasteiger partial charge in [0, 0.05) is 19.2 Å². The lowest BCUT2D eigenvalue weighted by Crippen LogP contribution is -2.47. The lowest BCUT2D eigenvalue weighted by atomic mass is 10.1. The summed E-state index contributed by atoms with van der Waals surface area (Å²) in [6, 6.07) is 14.1. The third-order valence-electron chi connectivity index (χ3n) is 4.08. The molecule has 0 aromatic heterocycles. The number of nitrogens with one attached hydrogen (secondary N) is 1. The quantitative estimate of drug-likeness (QED) is 0.943. The summed E-state index contributed by atoms with van der Waals surface area (Å²) in [6.07, 6.45) is 0.511. The van der Waals surface area contributed by atoms with Crippen LogP contribution in [0.15, 0.2) is 48.5 Å². The van der Waals surface area contributed by atoms with Crippen molar-refractivity contribution in [3.8, 4) is 5.75 Å². The number of fused-ring (bicyclic) bond motifs is 1. The van der Waals surface area contributed by atoms with E-state index in [1.807, 2.05) is 30.3 Å². The number of para-hydroxylation sites is 2. The molecule has 23 heavy (non-hydrogen) atoms. The molecule has 1 heterocycles. The molecule has 1 aliphatic heterocycles. The van der Waals surface area contributed by atoms with Gasteiger partial charge in [-0.3, -0.25) is 14.5 Å². The van der Waals surface area contributed by atoms with E-state index in [1.54, 1.807) is 30.1 Å². The smallest absolute Gasteiger partial charge is 0.262 e. The second-order valence-electron chi connectivity index (χ2n) is 5.34. The van der Waals surface area contributed by atoms with Crippen LogP contribution in [0.2, 0.25) is 0 Å². The molecule has 118 valence electrons. The van der Waals surface area contributed by atoms with Gasteiger partial charge >= 0.3 is 0 Å². The lowest BCUT2D eigenvalue weighted by Gasteiger charge is -2.25. The van der Waals surface area contributed by atoms with Crippen LogP contribution in [0.3, 0.4) is 0 Å². The molecule has 1 aliphatic rings. The second kappa shape index (κ2) is 6.12. The van der Waals surface area contributed by atoms with Crippen molar-refractivity contribution >= 4 is 17.5 Å². The van der Waals surface area contributed by atoms with Crippen LogP contribution < -0.4 is 15.0 Å². The monoisotopic (exact) mass is 310 g/mol. The van der Waals surface area contributed by atoms with Crippen molar-refractivity contribution in [1.82, 2.24) is 5.32 Å². The second-order valence-corrected chi connectivity index (χ2v) is 5.34. The van der Waals surface area contributed by atoms with E-state index in [0.29, 0.717) is 17.7 Å². The van der Waals surface area contributed by atoms with E-state index in [-0.39, 0.29) is 11.8 Å². The summed E-state index contributed by atoms with van der Waals surface area (Å²) in [7, 11) is 3.11. The number of amides is 2. The number of methoxy groups -OCH3 is 1. The van der Waals surface area contributed by atoms with Gasteiger partial charge in [-0.25, -0.2) is 0 Å². The number of carbonyl (C=O) groups is 2. The zero-order valence-electron chi connectivity index (χ0n) is 13.1. The Kier molecular flexibility index (Phi) is 4.02. The highest BCUT2D eigenvalue weighted by molar-refractivity contribution is 6.12. The Labute approximate surface area is 134 Å². The summed E-state index contributed by atoms with van der Waals surface area (Å²) in [6.45, 7) is 0. The molecule has 0 aliphatic carbocycles. The minimum absolute atomic E-state index is 0.176. The van der Waals surface area contributed by atoms with E-state index in [0.717, 1.165) is 11.3 Å². The topological polar surface area (TPSA) is 58.6 Å². The molecule has 0 fully saturated rings. The summed E-state index contributed by atoms with van der Waals surface area (Å²) in [5.74, 6) is 0.0861. The van der Waals surface area contributed by atoms with Crippen LogP contribution in [-0.2, 0) is 11.2 Å². The van der Waals surface area contributed by atoms with Crippen molar-refractivity contribution in [2.75, 3.05) is 19.1 Å². The molecule has 5 nitrogen and oxygen atoms in total. The zero-order chi connectivity index (χ0) is 16.4. The van der Waals surface area contributed by atoms with Crippen molar-refractivity contribution in [2.45, 2.75) is 12.5 Å². The van der Waals surface area contributed by atoms with Crippen LogP contribution >= 0.6 is 0 Å². The Bertz CT molecular complexity index is 757. The van der Waals surface area contributed by atoms with Crippen molar-refractivity contribution in [1.29, 1.82) is 0 Å². The van der Waals surface area contributed by atoms with Gasteiger partial charge in [-0.15, -0.1) is 0 Å². The molecule has 1 N–H and O–H groups in total. The van der Waals surface area contributed by atoms with Crippen LogP contribution in [0, 0.1) is 0 Å².